The Kier molecular flexibility index (Phi) is 2.23. The van der Waals surface area contributed by atoms with Crippen LogP contribution in [0, 0.1) is 0 Å². The van der Waals surface area contributed by atoms with Crippen LogP contribution in [-0.4, -0.2) is 20.3 Å². The Labute approximate surface area is 83.6 Å². The summed E-state index contributed by atoms with van der Waals surface area (Å²) in [4.78, 5) is 0. The van der Waals surface area contributed by atoms with E-state index in [9.17, 15) is 0 Å². The van der Waals surface area contributed by atoms with Gasteiger partial charge in [0.25, 0.3) is 0 Å². The second kappa shape index (κ2) is 3.40. The summed E-state index contributed by atoms with van der Waals surface area (Å²) in [5.41, 5.74) is 1.16. The van der Waals surface area contributed by atoms with Crippen molar-refractivity contribution in [3.63, 3.8) is 0 Å². The van der Waals surface area contributed by atoms with Gasteiger partial charge in [-0.15, -0.1) is 0 Å². The standard InChI is InChI=1S/C11H14O3/c1-7-4-8-5-9(12-2)6-10(13-3)11(8)14-7/h5-7H,4H2,1-3H3. The van der Waals surface area contributed by atoms with E-state index in [0.29, 0.717) is 0 Å². The van der Waals surface area contributed by atoms with E-state index in [4.69, 9.17) is 14.2 Å². The third-order valence-corrected chi connectivity index (χ3v) is 2.39. The zero-order valence-electron chi connectivity index (χ0n) is 8.66. The van der Waals surface area contributed by atoms with E-state index < -0.39 is 0 Å². The van der Waals surface area contributed by atoms with Crippen LogP contribution in [0.1, 0.15) is 12.5 Å². The summed E-state index contributed by atoms with van der Waals surface area (Å²) in [7, 11) is 3.29. The number of benzene rings is 1. The summed E-state index contributed by atoms with van der Waals surface area (Å²) in [6.07, 6.45) is 1.15. The van der Waals surface area contributed by atoms with Gasteiger partial charge in [0, 0.05) is 18.1 Å². The van der Waals surface area contributed by atoms with Gasteiger partial charge in [0.05, 0.1) is 14.2 Å². The SMILES string of the molecule is COc1cc2c(c(OC)c1)OC(C)C2. The van der Waals surface area contributed by atoms with Crippen molar-refractivity contribution in [2.45, 2.75) is 19.4 Å². The predicted molar refractivity (Wildman–Crippen MR) is 53.3 cm³/mol. The highest BCUT2D eigenvalue weighted by atomic mass is 16.5. The van der Waals surface area contributed by atoms with E-state index in [1.54, 1.807) is 14.2 Å². The van der Waals surface area contributed by atoms with E-state index >= 15 is 0 Å². The summed E-state index contributed by atoms with van der Waals surface area (Å²) in [5, 5.41) is 0. The van der Waals surface area contributed by atoms with E-state index in [1.807, 2.05) is 19.1 Å². The molecule has 0 saturated heterocycles. The molecule has 3 nitrogen and oxygen atoms in total. The third-order valence-electron chi connectivity index (χ3n) is 2.39. The molecule has 1 heterocycles. The second-order valence-corrected chi connectivity index (χ2v) is 3.45. The van der Waals surface area contributed by atoms with Crippen molar-refractivity contribution in [2.75, 3.05) is 14.2 Å². The molecular weight excluding hydrogens is 180 g/mol. The van der Waals surface area contributed by atoms with Crippen LogP contribution < -0.4 is 14.2 Å². The fraction of sp³-hybridized carbons (Fsp3) is 0.455. The first-order valence-electron chi connectivity index (χ1n) is 4.66. The molecule has 76 valence electrons. The van der Waals surface area contributed by atoms with Gasteiger partial charge in [-0.1, -0.05) is 0 Å². The number of hydrogen-bond acceptors (Lipinski definition) is 3. The van der Waals surface area contributed by atoms with Crippen molar-refractivity contribution in [3.8, 4) is 17.2 Å². The second-order valence-electron chi connectivity index (χ2n) is 3.45. The normalized spacial score (nSPS) is 18.6. The van der Waals surface area contributed by atoms with Crippen LogP contribution >= 0.6 is 0 Å². The van der Waals surface area contributed by atoms with Gasteiger partial charge in [-0.25, -0.2) is 0 Å². The average Bonchev–Trinajstić information content (AvgIpc) is 2.56. The van der Waals surface area contributed by atoms with Crippen LogP contribution in [0.3, 0.4) is 0 Å². The monoisotopic (exact) mass is 194 g/mol. The molecule has 0 amide bonds. The highest BCUT2D eigenvalue weighted by molar-refractivity contribution is 5.53. The Morgan fingerprint density at radius 2 is 2.07 bits per heavy atom. The van der Waals surface area contributed by atoms with Gasteiger partial charge in [0.1, 0.15) is 11.9 Å². The molecule has 0 aliphatic carbocycles. The molecular formula is C11H14O3. The molecule has 1 unspecified atom stereocenters. The molecule has 0 N–H and O–H groups in total. The van der Waals surface area contributed by atoms with Gasteiger partial charge in [-0.2, -0.15) is 0 Å². The lowest BCUT2D eigenvalue weighted by Crippen LogP contribution is -2.05. The number of ether oxygens (including phenoxy) is 3. The highest BCUT2D eigenvalue weighted by Crippen LogP contribution is 2.40. The topological polar surface area (TPSA) is 27.7 Å². The maximum Gasteiger partial charge on any atom is 0.165 e. The number of methoxy groups -OCH3 is 2. The molecule has 0 bridgehead atoms. The Morgan fingerprint density at radius 1 is 1.29 bits per heavy atom. The highest BCUT2D eigenvalue weighted by Gasteiger charge is 2.23. The van der Waals surface area contributed by atoms with Crippen LogP contribution in [0.4, 0.5) is 0 Å². The average molecular weight is 194 g/mol. The maximum absolute atomic E-state index is 5.65. The minimum absolute atomic E-state index is 0.228. The van der Waals surface area contributed by atoms with Crippen LogP contribution in [-0.2, 0) is 6.42 Å². The number of fused-ring (bicyclic) bond motifs is 1. The number of hydrogen-bond donors (Lipinski definition) is 0. The van der Waals surface area contributed by atoms with E-state index in [-0.39, 0.29) is 6.10 Å². The minimum atomic E-state index is 0.228. The Balaban J connectivity index is 2.46. The van der Waals surface area contributed by atoms with Crippen LogP contribution in [0.2, 0.25) is 0 Å². The van der Waals surface area contributed by atoms with Gasteiger partial charge < -0.3 is 14.2 Å². The Bertz CT molecular complexity index is 347. The molecule has 3 heteroatoms. The fourth-order valence-corrected chi connectivity index (χ4v) is 1.74. The number of rotatable bonds is 2. The van der Waals surface area contributed by atoms with Crippen LogP contribution in [0.25, 0.3) is 0 Å². The summed E-state index contributed by atoms with van der Waals surface area (Å²) in [5.74, 6) is 2.43. The van der Waals surface area contributed by atoms with Crippen molar-refractivity contribution in [1.29, 1.82) is 0 Å². The van der Waals surface area contributed by atoms with Gasteiger partial charge in [0.2, 0.25) is 0 Å². The molecule has 14 heavy (non-hydrogen) atoms. The molecule has 2 rings (SSSR count). The molecule has 1 aliphatic rings. The Hall–Kier alpha value is -1.38. The molecule has 1 aromatic rings. The van der Waals surface area contributed by atoms with Crippen molar-refractivity contribution in [2.24, 2.45) is 0 Å². The smallest absolute Gasteiger partial charge is 0.165 e. The fourth-order valence-electron chi connectivity index (χ4n) is 1.74. The molecule has 1 atom stereocenters. The van der Waals surface area contributed by atoms with Gasteiger partial charge in [-0.05, 0) is 13.0 Å². The Morgan fingerprint density at radius 3 is 2.71 bits per heavy atom. The minimum Gasteiger partial charge on any atom is -0.497 e. The zero-order valence-corrected chi connectivity index (χ0v) is 8.66. The lowest BCUT2D eigenvalue weighted by molar-refractivity contribution is 0.243. The lowest BCUT2D eigenvalue weighted by atomic mass is 10.1. The third kappa shape index (κ3) is 1.39. The van der Waals surface area contributed by atoms with E-state index in [0.717, 1.165) is 29.2 Å². The predicted octanol–water partition coefficient (Wildman–Crippen LogP) is 2.03. The molecule has 1 aromatic carbocycles. The first kappa shape index (κ1) is 9.19. The summed E-state index contributed by atoms with van der Waals surface area (Å²) < 4.78 is 16.1. The van der Waals surface area contributed by atoms with Gasteiger partial charge in [0.15, 0.2) is 11.5 Å². The van der Waals surface area contributed by atoms with E-state index in [1.165, 1.54) is 0 Å². The summed E-state index contributed by atoms with van der Waals surface area (Å²) in [6, 6.07) is 3.85. The van der Waals surface area contributed by atoms with Crippen LogP contribution in [0.5, 0.6) is 17.2 Å². The molecule has 0 aromatic heterocycles. The van der Waals surface area contributed by atoms with Gasteiger partial charge in [-0.3, -0.25) is 0 Å². The van der Waals surface area contributed by atoms with Crippen molar-refractivity contribution >= 4 is 0 Å². The quantitative estimate of drug-likeness (QED) is 0.721. The van der Waals surface area contributed by atoms with Crippen molar-refractivity contribution in [3.05, 3.63) is 17.7 Å². The largest absolute Gasteiger partial charge is 0.497 e. The first-order valence-corrected chi connectivity index (χ1v) is 4.66. The molecule has 0 saturated carbocycles. The molecule has 0 spiro atoms. The van der Waals surface area contributed by atoms with Crippen molar-refractivity contribution in [1.82, 2.24) is 0 Å². The molecule has 0 radical (unpaired) electrons. The zero-order chi connectivity index (χ0) is 10.1. The van der Waals surface area contributed by atoms with Crippen molar-refractivity contribution < 1.29 is 14.2 Å². The van der Waals surface area contributed by atoms with Gasteiger partial charge >= 0.3 is 0 Å². The molecule has 1 aliphatic heterocycles. The first-order chi connectivity index (χ1) is 6.74. The van der Waals surface area contributed by atoms with Crippen LogP contribution in [0.15, 0.2) is 12.1 Å². The lowest BCUT2D eigenvalue weighted by Gasteiger charge is -2.09. The summed E-state index contributed by atoms with van der Waals surface area (Å²) >= 11 is 0. The summed E-state index contributed by atoms with van der Waals surface area (Å²) in [6.45, 7) is 2.05. The molecule has 0 fully saturated rings. The van der Waals surface area contributed by atoms with E-state index in [2.05, 4.69) is 0 Å². The maximum atomic E-state index is 5.65.